The maximum atomic E-state index is 13.0. The van der Waals surface area contributed by atoms with E-state index in [-0.39, 0.29) is 23.2 Å². The van der Waals surface area contributed by atoms with Gasteiger partial charge in [0.25, 0.3) is 5.91 Å². The van der Waals surface area contributed by atoms with Gasteiger partial charge in [-0.1, -0.05) is 36.4 Å². The molecule has 31 heavy (non-hydrogen) atoms. The average Bonchev–Trinajstić information content (AvgIpc) is 2.81. The molecule has 0 saturated carbocycles. The fourth-order valence-corrected chi connectivity index (χ4v) is 3.30. The molecule has 0 fully saturated rings. The van der Waals surface area contributed by atoms with E-state index in [2.05, 4.69) is 5.32 Å². The molecule has 0 saturated heterocycles. The first-order chi connectivity index (χ1) is 15.1. The van der Waals surface area contributed by atoms with Gasteiger partial charge in [-0.2, -0.15) is 5.26 Å². The summed E-state index contributed by atoms with van der Waals surface area (Å²) in [6, 6.07) is 22.8. The standard InChI is InChI=1S/C25H18N2O4/c1-16-22(28)20-8-5-9-21(24(20)31-23(16)17-6-3-2-4-7-17)25(29)27-18-10-12-19(13-11-18)30-15-14-26/h2-13H,15H2,1H3,(H,27,29). The highest BCUT2D eigenvalue weighted by Gasteiger charge is 2.18. The van der Waals surface area contributed by atoms with Crippen LogP contribution < -0.4 is 15.5 Å². The van der Waals surface area contributed by atoms with Gasteiger partial charge >= 0.3 is 0 Å². The number of carbonyl (C=O) groups is 1. The quantitative estimate of drug-likeness (QED) is 0.504. The summed E-state index contributed by atoms with van der Waals surface area (Å²) in [5.74, 6) is 0.568. The van der Waals surface area contributed by atoms with Crippen LogP contribution in [0.4, 0.5) is 5.69 Å². The summed E-state index contributed by atoms with van der Waals surface area (Å²) < 4.78 is 11.3. The van der Waals surface area contributed by atoms with Crippen molar-refractivity contribution in [3.05, 3.63) is 94.1 Å². The number of hydrogen-bond donors (Lipinski definition) is 1. The third kappa shape index (κ3) is 4.02. The van der Waals surface area contributed by atoms with E-state index in [1.54, 1.807) is 49.4 Å². The number of nitriles is 1. The van der Waals surface area contributed by atoms with Crippen molar-refractivity contribution in [1.82, 2.24) is 0 Å². The van der Waals surface area contributed by atoms with Crippen molar-refractivity contribution in [2.45, 2.75) is 6.92 Å². The van der Waals surface area contributed by atoms with Gasteiger partial charge in [0.2, 0.25) is 0 Å². The Morgan fingerprint density at radius 2 is 1.77 bits per heavy atom. The average molecular weight is 410 g/mol. The number of hydrogen-bond acceptors (Lipinski definition) is 5. The third-order valence-corrected chi connectivity index (χ3v) is 4.84. The van der Waals surface area contributed by atoms with Crippen molar-refractivity contribution in [3.8, 4) is 23.1 Å². The summed E-state index contributed by atoms with van der Waals surface area (Å²) in [5.41, 5.74) is 2.13. The topological polar surface area (TPSA) is 92.3 Å². The molecule has 6 nitrogen and oxygen atoms in total. The number of amides is 1. The van der Waals surface area contributed by atoms with Crippen molar-refractivity contribution < 1.29 is 13.9 Å². The monoisotopic (exact) mass is 410 g/mol. The number of nitrogens with one attached hydrogen (secondary N) is 1. The number of benzene rings is 3. The van der Waals surface area contributed by atoms with Crippen LogP contribution >= 0.6 is 0 Å². The van der Waals surface area contributed by atoms with Crippen molar-refractivity contribution in [2.24, 2.45) is 0 Å². The molecule has 1 heterocycles. The lowest BCUT2D eigenvalue weighted by molar-refractivity contribution is 0.102. The molecule has 4 aromatic rings. The van der Waals surface area contributed by atoms with Crippen LogP contribution in [0.15, 0.2) is 82.0 Å². The Bertz CT molecular complexity index is 1350. The van der Waals surface area contributed by atoms with E-state index < -0.39 is 5.91 Å². The summed E-state index contributed by atoms with van der Waals surface area (Å²) in [7, 11) is 0. The van der Waals surface area contributed by atoms with Gasteiger partial charge in [-0.3, -0.25) is 9.59 Å². The Morgan fingerprint density at radius 3 is 2.48 bits per heavy atom. The van der Waals surface area contributed by atoms with Crippen LogP contribution in [-0.4, -0.2) is 12.5 Å². The number of para-hydroxylation sites is 1. The highest BCUT2D eigenvalue weighted by Crippen LogP contribution is 2.27. The molecule has 1 N–H and O–H groups in total. The van der Waals surface area contributed by atoms with E-state index >= 15 is 0 Å². The van der Waals surface area contributed by atoms with Gasteiger partial charge in [0, 0.05) is 16.8 Å². The molecule has 0 aliphatic rings. The van der Waals surface area contributed by atoms with Gasteiger partial charge in [0.1, 0.15) is 17.6 Å². The minimum absolute atomic E-state index is 0.0517. The molecule has 3 aromatic carbocycles. The van der Waals surface area contributed by atoms with Crippen LogP contribution in [0.1, 0.15) is 15.9 Å². The molecule has 0 unspecified atom stereocenters. The smallest absolute Gasteiger partial charge is 0.259 e. The Balaban J connectivity index is 1.72. The molecule has 1 amide bonds. The van der Waals surface area contributed by atoms with E-state index in [4.69, 9.17) is 14.4 Å². The molecule has 0 atom stereocenters. The Labute approximate surface area is 178 Å². The zero-order valence-corrected chi connectivity index (χ0v) is 16.7. The zero-order chi connectivity index (χ0) is 21.8. The molecule has 0 spiro atoms. The van der Waals surface area contributed by atoms with Crippen LogP contribution in [0.3, 0.4) is 0 Å². The molecule has 0 aliphatic heterocycles. The van der Waals surface area contributed by atoms with Crippen LogP contribution in [0.2, 0.25) is 0 Å². The van der Waals surface area contributed by atoms with Crippen molar-refractivity contribution >= 4 is 22.6 Å². The minimum atomic E-state index is -0.401. The fourth-order valence-electron chi connectivity index (χ4n) is 3.30. The van der Waals surface area contributed by atoms with Crippen LogP contribution in [0, 0.1) is 18.3 Å². The lowest BCUT2D eigenvalue weighted by atomic mass is 10.0. The first-order valence-electron chi connectivity index (χ1n) is 9.61. The molecular weight excluding hydrogens is 392 g/mol. The first-order valence-corrected chi connectivity index (χ1v) is 9.61. The second-order valence-electron chi connectivity index (χ2n) is 6.86. The number of carbonyl (C=O) groups excluding carboxylic acids is 1. The Kier molecular flexibility index (Phi) is 5.50. The normalized spacial score (nSPS) is 10.5. The van der Waals surface area contributed by atoms with E-state index in [1.807, 2.05) is 36.4 Å². The zero-order valence-electron chi connectivity index (χ0n) is 16.7. The van der Waals surface area contributed by atoms with Crippen LogP contribution in [0.5, 0.6) is 5.75 Å². The summed E-state index contributed by atoms with van der Waals surface area (Å²) in [4.78, 5) is 25.9. The lowest BCUT2D eigenvalue weighted by Gasteiger charge is -2.11. The summed E-state index contributed by atoms with van der Waals surface area (Å²) >= 11 is 0. The second-order valence-corrected chi connectivity index (χ2v) is 6.86. The predicted octanol–water partition coefficient (Wildman–Crippen LogP) is 4.92. The number of ether oxygens (including phenoxy) is 1. The lowest BCUT2D eigenvalue weighted by Crippen LogP contribution is -2.15. The van der Waals surface area contributed by atoms with E-state index in [0.717, 1.165) is 5.56 Å². The molecular formula is C25H18N2O4. The van der Waals surface area contributed by atoms with Gasteiger partial charge in [-0.25, -0.2) is 0 Å². The number of fused-ring (bicyclic) bond motifs is 1. The number of anilines is 1. The van der Waals surface area contributed by atoms with Crippen molar-refractivity contribution in [2.75, 3.05) is 11.9 Å². The molecule has 6 heteroatoms. The predicted molar refractivity (Wildman–Crippen MR) is 118 cm³/mol. The highest BCUT2D eigenvalue weighted by atomic mass is 16.5. The molecule has 0 aliphatic carbocycles. The molecule has 0 radical (unpaired) electrons. The van der Waals surface area contributed by atoms with Crippen LogP contribution in [-0.2, 0) is 0 Å². The maximum Gasteiger partial charge on any atom is 0.259 e. The summed E-state index contributed by atoms with van der Waals surface area (Å²) in [6.45, 7) is 1.67. The van der Waals surface area contributed by atoms with Crippen LogP contribution in [0.25, 0.3) is 22.3 Å². The van der Waals surface area contributed by atoms with E-state index in [0.29, 0.717) is 28.1 Å². The van der Waals surface area contributed by atoms with Gasteiger partial charge in [0.05, 0.1) is 10.9 Å². The SMILES string of the molecule is Cc1c(-c2ccccc2)oc2c(C(=O)Nc3ccc(OCC#N)cc3)cccc2c1=O. The van der Waals surface area contributed by atoms with Gasteiger partial charge < -0.3 is 14.5 Å². The van der Waals surface area contributed by atoms with E-state index in [1.165, 1.54) is 0 Å². The maximum absolute atomic E-state index is 13.0. The number of rotatable bonds is 5. The van der Waals surface area contributed by atoms with Crippen molar-refractivity contribution in [3.63, 3.8) is 0 Å². The highest BCUT2D eigenvalue weighted by molar-refractivity contribution is 6.11. The van der Waals surface area contributed by atoms with Gasteiger partial charge in [-0.15, -0.1) is 0 Å². The molecule has 1 aromatic heterocycles. The minimum Gasteiger partial charge on any atom is -0.479 e. The van der Waals surface area contributed by atoms with Crippen molar-refractivity contribution in [1.29, 1.82) is 5.26 Å². The Hall–Kier alpha value is -4.37. The summed E-state index contributed by atoms with van der Waals surface area (Å²) in [5, 5.41) is 11.7. The Morgan fingerprint density at radius 1 is 1.03 bits per heavy atom. The van der Waals surface area contributed by atoms with E-state index in [9.17, 15) is 9.59 Å². The second kappa shape index (κ2) is 8.56. The molecule has 4 rings (SSSR count). The molecule has 0 bridgehead atoms. The van der Waals surface area contributed by atoms with Gasteiger partial charge in [-0.05, 0) is 43.3 Å². The largest absolute Gasteiger partial charge is 0.479 e. The third-order valence-electron chi connectivity index (χ3n) is 4.84. The van der Waals surface area contributed by atoms with Gasteiger partial charge in [0.15, 0.2) is 17.6 Å². The molecule has 152 valence electrons. The first kappa shape index (κ1) is 19.9. The number of nitrogens with zero attached hydrogens (tertiary/aromatic N) is 1. The summed E-state index contributed by atoms with van der Waals surface area (Å²) in [6.07, 6.45) is 0. The fraction of sp³-hybridized carbons (Fsp3) is 0.0800.